The minimum Gasteiger partial charge on any atom is -0.399 e. The van der Waals surface area contributed by atoms with Gasteiger partial charge < -0.3 is 5.73 Å². The Morgan fingerprint density at radius 2 is 1.59 bits per heavy atom. The summed E-state index contributed by atoms with van der Waals surface area (Å²) in [6.45, 7) is 14.5. The van der Waals surface area contributed by atoms with Crippen LogP contribution in [0.25, 0.3) is 6.08 Å². The average Bonchev–Trinajstić information content (AvgIpc) is 3.00. The molecule has 0 saturated carbocycles. The van der Waals surface area contributed by atoms with E-state index in [0.29, 0.717) is 5.92 Å². The van der Waals surface area contributed by atoms with Gasteiger partial charge in [0.25, 0.3) is 0 Å². The molecule has 0 radical (unpaired) electrons. The molecule has 0 aromatic heterocycles. The number of nitrogens with two attached hydrogens (primary N) is 1. The Kier molecular flexibility index (Phi) is 9.39. The Balaban J connectivity index is 0.000000860. The molecular weight excluding hydrogens is 390 g/mol. The van der Waals surface area contributed by atoms with Gasteiger partial charge in [0.05, 0.1) is 16.7 Å². The highest BCUT2D eigenvalue weighted by molar-refractivity contribution is 6.00. The van der Waals surface area contributed by atoms with Gasteiger partial charge in [-0.3, -0.25) is 4.99 Å². The van der Waals surface area contributed by atoms with Crippen molar-refractivity contribution in [3.05, 3.63) is 87.9 Å². The van der Waals surface area contributed by atoms with Gasteiger partial charge in [0.1, 0.15) is 0 Å². The van der Waals surface area contributed by atoms with E-state index >= 15 is 0 Å². The fourth-order valence-electron chi connectivity index (χ4n) is 3.45. The van der Waals surface area contributed by atoms with Crippen LogP contribution >= 0.6 is 0 Å². The van der Waals surface area contributed by atoms with Gasteiger partial charge in [-0.25, -0.2) is 4.99 Å². The molecule has 1 heterocycles. The SMILES string of the molecule is CC.CC.CC(=Nc1ccc2c(c1)=Nc1cc(N)ccc1CC=2)c1ccc(C(C)C)cc1. The van der Waals surface area contributed by atoms with Gasteiger partial charge in [0.2, 0.25) is 0 Å². The number of rotatable bonds is 3. The van der Waals surface area contributed by atoms with Crippen LogP contribution in [0, 0.1) is 0 Å². The molecule has 0 bridgehead atoms. The van der Waals surface area contributed by atoms with Crippen LogP contribution in [0.3, 0.4) is 0 Å². The molecule has 0 spiro atoms. The van der Waals surface area contributed by atoms with Crippen molar-refractivity contribution in [2.24, 2.45) is 9.98 Å². The maximum absolute atomic E-state index is 5.95. The average molecular weight is 428 g/mol. The van der Waals surface area contributed by atoms with E-state index in [1.807, 2.05) is 39.8 Å². The van der Waals surface area contributed by atoms with Crippen LogP contribution in [0.4, 0.5) is 17.1 Å². The van der Waals surface area contributed by atoms with Crippen molar-refractivity contribution in [1.82, 2.24) is 0 Å². The van der Waals surface area contributed by atoms with Crippen molar-refractivity contribution in [2.45, 2.75) is 60.8 Å². The second-order valence-corrected chi connectivity index (χ2v) is 7.63. The van der Waals surface area contributed by atoms with E-state index in [-0.39, 0.29) is 0 Å². The van der Waals surface area contributed by atoms with E-state index in [9.17, 15) is 0 Å². The lowest BCUT2D eigenvalue weighted by Gasteiger charge is -2.07. The van der Waals surface area contributed by atoms with Crippen molar-refractivity contribution < 1.29 is 0 Å². The zero-order valence-electron chi connectivity index (χ0n) is 20.6. The van der Waals surface area contributed by atoms with E-state index < -0.39 is 0 Å². The largest absolute Gasteiger partial charge is 0.399 e. The third-order valence-electron chi connectivity index (χ3n) is 5.20. The summed E-state index contributed by atoms with van der Waals surface area (Å²) in [5.41, 5.74) is 13.2. The number of aliphatic imine (C=N–C) groups is 1. The van der Waals surface area contributed by atoms with Crippen LogP contribution in [0.2, 0.25) is 0 Å². The molecule has 168 valence electrons. The Morgan fingerprint density at radius 1 is 0.906 bits per heavy atom. The van der Waals surface area contributed by atoms with Crippen molar-refractivity contribution in [3.8, 4) is 0 Å². The number of hydrogen-bond donors (Lipinski definition) is 1. The molecule has 3 nitrogen and oxygen atoms in total. The number of nitrogens with zero attached hydrogens (tertiary/aromatic N) is 2. The first-order valence-electron chi connectivity index (χ1n) is 11.7. The molecule has 0 atom stereocenters. The van der Waals surface area contributed by atoms with Crippen LogP contribution in [-0.4, -0.2) is 5.71 Å². The van der Waals surface area contributed by atoms with Crippen molar-refractivity contribution in [1.29, 1.82) is 0 Å². The first-order chi connectivity index (χ1) is 15.5. The van der Waals surface area contributed by atoms with Crippen molar-refractivity contribution in [3.63, 3.8) is 0 Å². The molecule has 0 aliphatic carbocycles. The third kappa shape index (κ3) is 6.16. The zero-order valence-corrected chi connectivity index (χ0v) is 20.6. The van der Waals surface area contributed by atoms with Crippen LogP contribution in [0.5, 0.6) is 0 Å². The van der Waals surface area contributed by atoms with Gasteiger partial charge in [0, 0.05) is 11.4 Å². The molecule has 3 heteroatoms. The fraction of sp³-hybridized carbons (Fsp3) is 0.310. The summed E-state index contributed by atoms with van der Waals surface area (Å²) >= 11 is 0. The predicted molar refractivity (Wildman–Crippen MR) is 141 cm³/mol. The van der Waals surface area contributed by atoms with Gasteiger partial charge >= 0.3 is 0 Å². The topological polar surface area (TPSA) is 50.7 Å². The predicted octanol–water partition coefficient (Wildman–Crippen LogP) is 6.87. The van der Waals surface area contributed by atoms with Crippen molar-refractivity contribution >= 4 is 28.8 Å². The van der Waals surface area contributed by atoms with Gasteiger partial charge in [0.15, 0.2) is 0 Å². The lowest BCUT2D eigenvalue weighted by molar-refractivity contribution is 0.866. The molecule has 4 rings (SSSR count). The minimum absolute atomic E-state index is 0.533. The van der Waals surface area contributed by atoms with Crippen molar-refractivity contribution in [2.75, 3.05) is 5.73 Å². The second kappa shape index (κ2) is 12.0. The number of anilines is 1. The highest BCUT2D eigenvalue weighted by atomic mass is 14.8. The Bertz CT molecular complexity index is 1170. The number of benzene rings is 3. The Morgan fingerprint density at radius 3 is 2.25 bits per heavy atom. The molecule has 2 N–H and O–H groups in total. The number of fused-ring (bicyclic) bond motifs is 2. The summed E-state index contributed by atoms with van der Waals surface area (Å²) in [6.07, 6.45) is 3.07. The third-order valence-corrected chi connectivity index (χ3v) is 5.20. The van der Waals surface area contributed by atoms with Gasteiger partial charge in [-0.2, -0.15) is 0 Å². The highest BCUT2D eigenvalue weighted by Crippen LogP contribution is 2.24. The molecule has 3 aromatic carbocycles. The normalized spacial score (nSPS) is 11.9. The standard InChI is InChI=1S/C25H25N3.2C2H6/c1-16(2)18-4-6-19(7-5-18)17(3)27-23-13-11-21-9-8-20-10-12-22(26)14-24(20)28-25(21)15-23;2*1-2/h4-7,9-16H,8,26H2,1-3H3;2*1-2H3. The second-order valence-electron chi connectivity index (χ2n) is 7.63. The van der Waals surface area contributed by atoms with Gasteiger partial charge in [-0.15, -0.1) is 0 Å². The van der Waals surface area contributed by atoms with E-state index in [1.54, 1.807) is 0 Å². The van der Waals surface area contributed by atoms with Gasteiger partial charge in [-0.05, 0) is 65.4 Å². The molecule has 0 fully saturated rings. The lowest BCUT2D eigenvalue weighted by atomic mass is 10.0. The van der Waals surface area contributed by atoms with Gasteiger partial charge in [-0.1, -0.05) is 84.0 Å². The first-order valence-corrected chi connectivity index (χ1v) is 11.7. The summed E-state index contributed by atoms with van der Waals surface area (Å²) in [6, 6.07) is 20.8. The minimum atomic E-state index is 0.533. The molecule has 0 saturated heterocycles. The molecule has 3 aromatic rings. The molecular formula is C29H37N3. The summed E-state index contributed by atoms with van der Waals surface area (Å²) in [5.74, 6) is 0.533. The van der Waals surface area contributed by atoms with Crippen LogP contribution in [0.15, 0.2) is 70.6 Å². The zero-order chi connectivity index (χ0) is 23.7. The molecule has 1 aliphatic heterocycles. The summed E-state index contributed by atoms with van der Waals surface area (Å²) < 4.78 is 0. The van der Waals surface area contributed by atoms with Crippen LogP contribution < -0.4 is 16.3 Å². The first kappa shape index (κ1) is 25.1. The Labute approximate surface area is 193 Å². The maximum Gasteiger partial charge on any atom is 0.0727 e. The summed E-state index contributed by atoms with van der Waals surface area (Å²) in [5, 5.41) is 2.07. The molecule has 0 amide bonds. The van der Waals surface area contributed by atoms with E-state index in [4.69, 9.17) is 15.7 Å². The number of nitrogen functional groups attached to an aromatic ring is 1. The quantitative estimate of drug-likeness (QED) is 0.360. The summed E-state index contributed by atoms with van der Waals surface area (Å²) in [7, 11) is 0. The fourth-order valence-corrected chi connectivity index (χ4v) is 3.45. The molecule has 32 heavy (non-hydrogen) atoms. The Hall–Kier alpha value is -3.20. The highest BCUT2D eigenvalue weighted by Gasteiger charge is 2.06. The van der Waals surface area contributed by atoms with E-state index in [0.717, 1.165) is 45.3 Å². The summed E-state index contributed by atoms with van der Waals surface area (Å²) in [4.78, 5) is 9.69. The molecule has 1 aliphatic rings. The van der Waals surface area contributed by atoms with Crippen LogP contribution in [-0.2, 0) is 6.42 Å². The number of hydrogen-bond acceptors (Lipinski definition) is 3. The smallest absolute Gasteiger partial charge is 0.0727 e. The van der Waals surface area contributed by atoms with E-state index in [2.05, 4.69) is 75.4 Å². The van der Waals surface area contributed by atoms with E-state index in [1.165, 1.54) is 11.1 Å². The maximum atomic E-state index is 5.95. The van der Waals surface area contributed by atoms with Crippen LogP contribution in [0.1, 0.15) is 71.1 Å². The molecule has 0 unspecified atom stereocenters. The lowest BCUT2D eigenvalue weighted by Crippen LogP contribution is -2.23. The monoisotopic (exact) mass is 427 g/mol.